The summed E-state index contributed by atoms with van der Waals surface area (Å²) in [6, 6.07) is -0.886. The van der Waals surface area contributed by atoms with Crippen LogP contribution < -0.4 is 5.32 Å². The van der Waals surface area contributed by atoms with Gasteiger partial charge in [-0.2, -0.15) is 0 Å². The molecule has 3 atom stereocenters. The van der Waals surface area contributed by atoms with Gasteiger partial charge in [0.05, 0.1) is 39.9 Å². The minimum atomic E-state index is -4.36. The quantitative estimate of drug-likeness (QED) is 0.0243. The zero-order chi connectivity index (χ0) is 51.3. The Bertz CT molecular complexity index is 1730. The highest BCUT2D eigenvalue weighted by Gasteiger charge is 2.27. The van der Waals surface area contributed by atoms with Gasteiger partial charge in [-0.1, -0.05) is 203 Å². The van der Waals surface area contributed by atoms with Crippen LogP contribution in [0.1, 0.15) is 155 Å². The zero-order valence-electron chi connectivity index (χ0n) is 44.4. The number of quaternary nitrogens is 1. The van der Waals surface area contributed by atoms with Crippen molar-refractivity contribution in [2.75, 3.05) is 40.9 Å². The molecule has 0 rings (SSSR count). The molecular formula is C61H98N2O6P+. The van der Waals surface area contributed by atoms with E-state index in [4.69, 9.17) is 9.05 Å². The number of phosphoric ester groups is 1. The van der Waals surface area contributed by atoms with Gasteiger partial charge in [0.25, 0.3) is 0 Å². The van der Waals surface area contributed by atoms with E-state index in [-0.39, 0.29) is 19.1 Å². The van der Waals surface area contributed by atoms with E-state index in [0.29, 0.717) is 17.4 Å². The van der Waals surface area contributed by atoms with Gasteiger partial charge in [0.15, 0.2) is 0 Å². The summed E-state index contributed by atoms with van der Waals surface area (Å²) >= 11 is 0. The van der Waals surface area contributed by atoms with Crippen molar-refractivity contribution >= 4 is 13.7 Å². The lowest BCUT2D eigenvalue weighted by Crippen LogP contribution is -2.45. The molecule has 3 N–H and O–H groups in total. The molecule has 70 heavy (non-hydrogen) atoms. The van der Waals surface area contributed by atoms with Gasteiger partial charge < -0.3 is 19.8 Å². The average Bonchev–Trinajstić information content (AvgIpc) is 3.32. The number of nitrogens with zero attached hydrogens (tertiary/aromatic N) is 1. The van der Waals surface area contributed by atoms with Gasteiger partial charge in [0.2, 0.25) is 5.91 Å². The molecule has 0 radical (unpaired) electrons. The fourth-order valence-electron chi connectivity index (χ4n) is 6.28. The van der Waals surface area contributed by atoms with E-state index >= 15 is 0 Å². The second-order valence-corrected chi connectivity index (χ2v) is 19.6. The maximum Gasteiger partial charge on any atom is 0.472 e. The third-order valence-corrected chi connectivity index (χ3v) is 11.4. The summed E-state index contributed by atoms with van der Waals surface area (Å²) < 4.78 is 23.4. The highest BCUT2D eigenvalue weighted by atomic mass is 31.2. The van der Waals surface area contributed by atoms with Crippen LogP contribution in [0, 0.1) is 0 Å². The smallest absolute Gasteiger partial charge is 0.387 e. The molecule has 0 saturated carbocycles. The van der Waals surface area contributed by atoms with Crippen LogP contribution in [0.25, 0.3) is 0 Å². The third-order valence-electron chi connectivity index (χ3n) is 10.4. The van der Waals surface area contributed by atoms with Gasteiger partial charge in [-0.15, -0.1) is 0 Å². The maximum atomic E-state index is 12.8. The van der Waals surface area contributed by atoms with Gasteiger partial charge in [0, 0.05) is 6.42 Å². The van der Waals surface area contributed by atoms with Gasteiger partial charge in [-0.05, 0) is 116 Å². The number of phosphoric acid groups is 1. The monoisotopic (exact) mass is 986 g/mol. The molecule has 8 nitrogen and oxygen atoms in total. The molecule has 9 heteroatoms. The Labute approximate surface area is 428 Å². The number of nitrogens with one attached hydrogen (secondary N) is 1. The van der Waals surface area contributed by atoms with E-state index in [1.54, 1.807) is 6.08 Å². The van der Waals surface area contributed by atoms with Crippen molar-refractivity contribution in [2.45, 2.75) is 167 Å². The molecule has 0 fully saturated rings. The summed E-state index contributed by atoms with van der Waals surface area (Å²) in [6.07, 6.45) is 80.6. The molecule has 392 valence electrons. The minimum absolute atomic E-state index is 0.0406. The lowest BCUT2D eigenvalue weighted by molar-refractivity contribution is -0.870. The van der Waals surface area contributed by atoms with Gasteiger partial charge in [-0.25, -0.2) is 4.57 Å². The fraction of sp³-hybridized carbons (Fsp3) is 0.525. The Balaban J connectivity index is 4.11. The van der Waals surface area contributed by atoms with Crippen molar-refractivity contribution in [3.05, 3.63) is 170 Å². The van der Waals surface area contributed by atoms with Crippen LogP contribution in [-0.4, -0.2) is 73.4 Å². The first-order chi connectivity index (χ1) is 34.0. The molecule has 0 aromatic heterocycles. The summed E-state index contributed by atoms with van der Waals surface area (Å²) in [5, 5.41) is 13.7. The fourth-order valence-corrected chi connectivity index (χ4v) is 7.01. The topological polar surface area (TPSA) is 105 Å². The van der Waals surface area contributed by atoms with E-state index in [2.05, 4.69) is 177 Å². The first kappa shape index (κ1) is 65.9. The first-order valence-electron chi connectivity index (χ1n) is 26.5. The summed E-state index contributed by atoms with van der Waals surface area (Å²) in [5.74, 6) is -0.225. The van der Waals surface area contributed by atoms with Crippen LogP contribution in [0.2, 0.25) is 0 Å². The molecular weight excluding hydrogens is 888 g/mol. The molecule has 0 aliphatic rings. The largest absolute Gasteiger partial charge is 0.472 e. The Morgan fingerprint density at radius 2 is 0.871 bits per heavy atom. The Hall–Kier alpha value is -4.14. The van der Waals surface area contributed by atoms with Crippen molar-refractivity contribution in [1.29, 1.82) is 0 Å². The molecule has 0 aliphatic heterocycles. The summed E-state index contributed by atoms with van der Waals surface area (Å²) in [7, 11) is 1.50. The third kappa shape index (κ3) is 51.7. The van der Waals surface area contributed by atoms with E-state index in [0.717, 1.165) is 135 Å². The van der Waals surface area contributed by atoms with Crippen LogP contribution in [0.15, 0.2) is 170 Å². The maximum absolute atomic E-state index is 12.8. The summed E-state index contributed by atoms with van der Waals surface area (Å²) in [4.78, 5) is 23.0. The molecule has 3 unspecified atom stereocenters. The van der Waals surface area contributed by atoms with Gasteiger partial charge in [-0.3, -0.25) is 13.8 Å². The van der Waals surface area contributed by atoms with Crippen LogP contribution in [-0.2, 0) is 18.4 Å². The molecule has 0 aromatic carbocycles. The Kier molecular flexibility index (Phi) is 46.9. The first-order valence-corrected chi connectivity index (χ1v) is 28.0. The van der Waals surface area contributed by atoms with Gasteiger partial charge in [0.1, 0.15) is 13.2 Å². The highest BCUT2D eigenvalue weighted by molar-refractivity contribution is 7.47. The second-order valence-electron chi connectivity index (χ2n) is 18.2. The number of carbonyl (C=O) groups excluding carboxylic acids is 1. The Morgan fingerprint density at radius 3 is 1.29 bits per heavy atom. The molecule has 0 aliphatic carbocycles. The van der Waals surface area contributed by atoms with E-state index < -0.39 is 20.0 Å². The van der Waals surface area contributed by atoms with Crippen LogP contribution in [0.3, 0.4) is 0 Å². The standard InChI is InChI=1S/C61H97N2O6P/c1-6-8-10-12-14-15-16-17-18-19-20-21-22-23-24-25-26-27-28-29-30-31-32-33-34-35-36-37-38-39-40-41-42-43-44-45-46-47-49-51-53-55-61(65)62-59(60(64)54-52-50-48-13-11-9-7-2)58-69-70(66,67)68-57-56-63(3,4)5/h8,10-11,13-15,17-18,20-21,23-24,26-27,29-30,32-33,35-36,38-39,41-42,44-45,52,54,59-60,64H,6-7,9,12,16,19,22,25,28,31,34,37,40,43,46-51,53,55-58H2,1-5H3,(H-,62,65,66,67)/p+1/b10-8-,13-11+,15-14-,18-17-,21-20-,24-23-,27-26-,30-29-,33-32-,36-35-,39-38-,42-41-,45-44-,54-52+. The molecule has 0 spiro atoms. The second kappa shape index (κ2) is 49.8. The van der Waals surface area contributed by atoms with Crippen molar-refractivity contribution in [1.82, 2.24) is 5.32 Å². The van der Waals surface area contributed by atoms with E-state index in [1.807, 2.05) is 27.2 Å². The SMILES string of the molecule is CC/C=C\C/C=C\C/C=C\C/C=C\C/C=C\C/C=C\C/C=C\C/C=C\C/C=C\C/C=C\C/C=C\C/C=C\CCCCCCC(=O)NC(COP(=O)(O)OCC[N+](C)(C)C)C(O)/C=C/CC/C=C/CCC. The number of hydrogen-bond donors (Lipinski definition) is 3. The number of allylic oxidation sites excluding steroid dienone is 27. The molecule has 1 amide bonds. The molecule has 0 saturated heterocycles. The number of carbonyl (C=O) groups is 1. The molecule has 0 bridgehead atoms. The molecule has 0 heterocycles. The predicted octanol–water partition coefficient (Wildman–Crippen LogP) is 16.1. The van der Waals surface area contributed by atoms with Crippen molar-refractivity contribution in [2.24, 2.45) is 0 Å². The van der Waals surface area contributed by atoms with Crippen LogP contribution >= 0.6 is 7.82 Å². The summed E-state index contributed by atoms with van der Waals surface area (Å²) in [5.41, 5.74) is 0. The lowest BCUT2D eigenvalue weighted by atomic mass is 10.1. The normalized spacial score (nSPS) is 15.4. The lowest BCUT2D eigenvalue weighted by Gasteiger charge is -2.25. The van der Waals surface area contributed by atoms with E-state index in [1.165, 1.54) is 0 Å². The summed E-state index contributed by atoms with van der Waals surface area (Å²) in [6.45, 7) is 4.50. The number of unbranched alkanes of at least 4 members (excludes halogenated alkanes) is 6. The highest BCUT2D eigenvalue weighted by Crippen LogP contribution is 2.43. The number of likely N-dealkylation sites (N-methyl/N-ethyl adjacent to an activating group) is 1. The number of aliphatic hydroxyl groups excluding tert-OH is 1. The van der Waals surface area contributed by atoms with Crippen molar-refractivity contribution in [3.63, 3.8) is 0 Å². The zero-order valence-corrected chi connectivity index (χ0v) is 45.3. The van der Waals surface area contributed by atoms with Gasteiger partial charge >= 0.3 is 7.82 Å². The van der Waals surface area contributed by atoms with Crippen molar-refractivity contribution in [3.8, 4) is 0 Å². The predicted molar refractivity (Wildman–Crippen MR) is 303 cm³/mol. The number of hydrogen-bond acceptors (Lipinski definition) is 5. The Morgan fingerprint density at radius 1 is 0.500 bits per heavy atom. The number of amides is 1. The van der Waals surface area contributed by atoms with Crippen LogP contribution in [0.5, 0.6) is 0 Å². The number of aliphatic hydroxyl groups is 1. The van der Waals surface area contributed by atoms with Crippen LogP contribution in [0.4, 0.5) is 0 Å². The van der Waals surface area contributed by atoms with E-state index in [9.17, 15) is 19.4 Å². The minimum Gasteiger partial charge on any atom is -0.387 e. The molecule has 0 aromatic rings. The van der Waals surface area contributed by atoms with Crippen molar-refractivity contribution < 1.29 is 32.9 Å². The average molecular weight is 986 g/mol. The number of rotatable bonds is 45.